The maximum Gasteiger partial charge on any atom is 0.494 e. The molecule has 4 aromatic carbocycles. The number of ether oxygens (including phenoxy) is 4. The van der Waals surface area contributed by atoms with Crippen molar-refractivity contribution in [2.75, 3.05) is 19.8 Å². The van der Waals surface area contributed by atoms with Gasteiger partial charge in [0.05, 0.1) is 43.6 Å². The van der Waals surface area contributed by atoms with Gasteiger partial charge in [-0.1, -0.05) is 54.9 Å². The van der Waals surface area contributed by atoms with Crippen LogP contribution >= 0.6 is 0 Å². The Balaban J connectivity index is 0.000000358. The van der Waals surface area contributed by atoms with Gasteiger partial charge in [0, 0.05) is 5.56 Å². The van der Waals surface area contributed by atoms with Crippen molar-refractivity contribution in [3.8, 4) is 11.5 Å². The van der Waals surface area contributed by atoms with Crippen LogP contribution in [-0.4, -0.2) is 52.6 Å². The predicted octanol–water partition coefficient (Wildman–Crippen LogP) is 13.5. The minimum absolute atomic E-state index is 0. The van der Waals surface area contributed by atoms with Gasteiger partial charge in [0.1, 0.15) is 29.9 Å². The van der Waals surface area contributed by atoms with Gasteiger partial charge >= 0.3 is 7.12 Å². The summed E-state index contributed by atoms with van der Waals surface area (Å²) < 4.78 is 132. The summed E-state index contributed by atoms with van der Waals surface area (Å²) in [6.45, 7) is 9.17. The molecule has 3 aliphatic rings. The predicted molar refractivity (Wildman–Crippen MR) is 254 cm³/mol. The number of halogens is 8. The molecule has 9 nitrogen and oxygen atoms in total. The Bertz CT molecular complexity index is 2090. The van der Waals surface area contributed by atoms with E-state index in [2.05, 4.69) is 20.8 Å². The highest BCUT2D eigenvalue weighted by molar-refractivity contribution is 6.58. The van der Waals surface area contributed by atoms with Crippen molar-refractivity contribution in [3.05, 3.63) is 123 Å². The summed E-state index contributed by atoms with van der Waals surface area (Å²) >= 11 is 0. The van der Waals surface area contributed by atoms with Crippen LogP contribution in [0.4, 0.5) is 35.1 Å². The lowest BCUT2D eigenvalue weighted by molar-refractivity contribution is -0.176. The lowest BCUT2D eigenvalue weighted by Gasteiger charge is -2.29. The van der Waals surface area contributed by atoms with E-state index in [1.807, 2.05) is 0 Å². The monoisotopic (exact) mass is 1000 g/mol. The summed E-state index contributed by atoms with van der Waals surface area (Å²) in [5.74, 6) is -6.85. The van der Waals surface area contributed by atoms with E-state index in [-0.39, 0.29) is 50.9 Å². The first-order chi connectivity index (χ1) is 32.5. The normalized spacial score (nSPS) is 20.7. The van der Waals surface area contributed by atoms with Crippen LogP contribution in [0.25, 0.3) is 0 Å². The number of benzene rings is 4. The Morgan fingerprint density at radius 2 is 0.843 bits per heavy atom. The van der Waals surface area contributed by atoms with Crippen LogP contribution in [0.3, 0.4) is 0 Å². The highest BCUT2D eigenvalue weighted by Gasteiger charge is 2.29. The van der Waals surface area contributed by atoms with Gasteiger partial charge in [0.15, 0.2) is 34.8 Å². The summed E-state index contributed by atoms with van der Waals surface area (Å²) in [5, 5.41) is 38.9. The third-order valence-electron chi connectivity index (χ3n) is 12.5. The van der Waals surface area contributed by atoms with Crippen molar-refractivity contribution < 1.29 is 79.7 Å². The fraction of sp³-hybridized carbons (Fsp3) is 0.538. The Hall–Kier alpha value is -4.30. The molecule has 5 N–H and O–H groups in total. The number of hydrogen-bond donors (Lipinski definition) is 5. The number of phenols is 1. The molecule has 0 radical (unpaired) electrons. The summed E-state index contributed by atoms with van der Waals surface area (Å²) in [5.41, 5.74) is 0.649. The van der Waals surface area contributed by atoms with Crippen molar-refractivity contribution in [3.63, 3.8) is 0 Å². The van der Waals surface area contributed by atoms with Gasteiger partial charge < -0.3 is 34.1 Å². The average Bonchev–Trinajstić information content (AvgIpc) is 3.31. The van der Waals surface area contributed by atoms with Gasteiger partial charge in [0.2, 0.25) is 0 Å². The van der Waals surface area contributed by atoms with Crippen molar-refractivity contribution in [1.29, 1.82) is 0 Å². The minimum atomic E-state index is -2.15. The van der Waals surface area contributed by atoms with E-state index in [0.717, 1.165) is 107 Å². The quantitative estimate of drug-likeness (QED) is 0.0384. The molecule has 0 spiro atoms. The van der Waals surface area contributed by atoms with Gasteiger partial charge in [-0.2, -0.15) is 0 Å². The van der Waals surface area contributed by atoms with Gasteiger partial charge in [-0.05, 0) is 153 Å². The molecule has 3 saturated heterocycles. The Labute approximate surface area is 407 Å². The van der Waals surface area contributed by atoms with E-state index in [1.54, 1.807) is 0 Å². The molecule has 0 bridgehead atoms. The molecular formula is C52H71BF8O9. The summed E-state index contributed by atoms with van der Waals surface area (Å²) in [6.07, 6.45) is 10.9. The molecule has 70 heavy (non-hydrogen) atoms. The molecule has 3 fully saturated rings. The largest absolute Gasteiger partial charge is 0.503 e. The number of aromatic hydroxyl groups is 1. The highest BCUT2D eigenvalue weighted by Crippen LogP contribution is 2.37. The topological polar surface area (TPSA) is 138 Å². The van der Waals surface area contributed by atoms with E-state index >= 15 is 0 Å². The second kappa shape index (κ2) is 30.6. The molecule has 4 aromatic rings. The Kier molecular flexibility index (Phi) is 27.0. The lowest BCUT2D eigenvalue weighted by atomic mass is 9.78. The maximum atomic E-state index is 14.4. The fourth-order valence-electron chi connectivity index (χ4n) is 8.76. The first-order valence-corrected chi connectivity index (χ1v) is 23.2. The number of phenolic OH excluding ortho intramolecular Hbond substituents is 1. The zero-order valence-electron chi connectivity index (χ0n) is 38.9. The SMILES string of the molecule is C.C.CCCC1CC[C@@H](c2cc(F)c(B(O)O)c(F)c2)OC1.CCCC1CC[C@@H](c2cc(F)c(O)c(F)c2)OC1.CCCC1CC[C@@H](c2cc(F)c(OCc3cc(F)c(C)c(F)c3)c(F)c2)OC1.OO. The van der Waals surface area contributed by atoms with E-state index < -0.39 is 70.6 Å². The second-order valence-electron chi connectivity index (χ2n) is 17.6. The van der Waals surface area contributed by atoms with E-state index in [1.165, 1.54) is 19.1 Å². The van der Waals surface area contributed by atoms with Gasteiger partial charge in [-0.25, -0.2) is 35.1 Å². The fourth-order valence-corrected chi connectivity index (χ4v) is 8.76. The third-order valence-corrected chi connectivity index (χ3v) is 12.5. The first kappa shape index (κ1) is 61.8. The molecule has 6 atom stereocenters. The second-order valence-corrected chi connectivity index (χ2v) is 17.6. The van der Waals surface area contributed by atoms with Crippen LogP contribution < -0.4 is 10.2 Å². The van der Waals surface area contributed by atoms with Crippen LogP contribution in [0.15, 0.2) is 48.5 Å². The standard InChI is InChI=1S/C22H24F4O2.C14H19BF2O3.C14H18F2O2.2CH4.H2O2/c1-3-4-14-5-6-21(27-11-14)16-9-19(25)22(20(26)10-16)28-12-15-7-17(23)13(2)18(24)8-15;1-2-3-9-4-5-13(20-8-9)10-6-11(16)14(15(18)19)12(17)7-10;1-2-3-9-4-5-13(18-8-9)10-6-11(15)14(17)12(16)7-10;;;1-2/h7-10,14,21H,3-6,11-12H2,1-2H3;6-7,9,13,18-19H,2-5,8H2,1H3;6-7,9,13,17H,2-5,8H2,1H3;2*1H4;1-2H/t14?,21-;2*9?,13-;;;/m000.../s1. The van der Waals surface area contributed by atoms with Crippen LogP contribution in [0.2, 0.25) is 0 Å². The van der Waals surface area contributed by atoms with E-state index in [0.29, 0.717) is 60.7 Å². The molecule has 18 heteroatoms. The van der Waals surface area contributed by atoms with Crippen LogP contribution in [-0.2, 0) is 20.8 Å². The van der Waals surface area contributed by atoms with E-state index in [4.69, 9.17) is 44.6 Å². The molecule has 0 aliphatic carbocycles. The summed E-state index contributed by atoms with van der Waals surface area (Å²) in [7, 11) is -2.15. The van der Waals surface area contributed by atoms with Gasteiger partial charge in [-0.3, -0.25) is 10.5 Å². The van der Waals surface area contributed by atoms with E-state index in [9.17, 15) is 35.1 Å². The van der Waals surface area contributed by atoms with Crippen molar-refractivity contribution in [2.24, 2.45) is 17.8 Å². The maximum absolute atomic E-state index is 14.4. The van der Waals surface area contributed by atoms with Crippen molar-refractivity contribution in [1.82, 2.24) is 0 Å². The highest BCUT2D eigenvalue weighted by atomic mass is 19.2. The zero-order valence-corrected chi connectivity index (χ0v) is 38.9. The molecule has 0 amide bonds. The zero-order chi connectivity index (χ0) is 50.1. The van der Waals surface area contributed by atoms with Gasteiger partial charge in [0.25, 0.3) is 0 Å². The minimum Gasteiger partial charge on any atom is -0.503 e. The number of rotatable bonds is 13. The molecular weight excluding hydrogens is 931 g/mol. The molecule has 7 rings (SSSR count). The average molecular weight is 1000 g/mol. The smallest absolute Gasteiger partial charge is 0.494 e. The van der Waals surface area contributed by atoms with Gasteiger partial charge in [-0.15, -0.1) is 0 Å². The first-order valence-electron chi connectivity index (χ1n) is 23.2. The molecule has 3 aliphatic heterocycles. The lowest BCUT2D eigenvalue weighted by Crippen LogP contribution is -2.36. The summed E-state index contributed by atoms with van der Waals surface area (Å²) in [4.78, 5) is 0. The molecule has 392 valence electrons. The van der Waals surface area contributed by atoms with Crippen LogP contribution in [0.5, 0.6) is 11.5 Å². The van der Waals surface area contributed by atoms with Crippen LogP contribution in [0.1, 0.15) is 159 Å². The van der Waals surface area contributed by atoms with Crippen molar-refractivity contribution >= 4 is 12.6 Å². The number of hydrogen-bond acceptors (Lipinski definition) is 9. The third kappa shape index (κ3) is 17.5. The van der Waals surface area contributed by atoms with Crippen LogP contribution in [0, 0.1) is 71.2 Å². The molecule has 3 heterocycles. The molecule has 0 aromatic heterocycles. The molecule has 0 saturated carbocycles. The molecule has 3 unspecified atom stereocenters. The Morgan fingerprint density at radius 3 is 1.14 bits per heavy atom. The summed E-state index contributed by atoms with van der Waals surface area (Å²) in [6, 6.07) is 9.16. The Morgan fingerprint density at radius 1 is 0.514 bits per heavy atom. The van der Waals surface area contributed by atoms with Crippen molar-refractivity contribution in [2.45, 2.75) is 145 Å².